The number of hydrogen-bond acceptors (Lipinski definition) is 7. The maximum absolute atomic E-state index is 13.6. The maximum atomic E-state index is 13.6. The largest absolute Gasteiger partial charge is 0.377 e. The standard InChI is InChI=1S/C17H13FN6O2/c18-13-4-11(7-19)3-12(5-13)14-6-16(22-10-21-14)23-17(25)15-8-26-2-1-24(15)9-20/h3-6,10,15H,1-2,8H2,(H,21,22,23,25). The number of benzene rings is 1. The zero-order valence-electron chi connectivity index (χ0n) is 13.5. The number of carbonyl (C=O) groups is 1. The Labute approximate surface area is 148 Å². The summed E-state index contributed by atoms with van der Waals surface area (Å²) in [6, 6.07) is 6.44. The van der Waals surface area contributed by atoms with Gasteiger partial charge in [0.2, 0.25) is 0 Å². The summed E-state index contributed by atoms with van der Waals surface area (Å²) in [6.45, 7) is 0.826. The third-order valence-corrected chi connectivity index (χ3v) is 3.80. The summed E-state index contributed by atoms with van der Waals surface area (Å²) in [6.07, 6.45) is 3.19. The molecule has 8 nitrogen and oxygen atoms in total. The van der Waals surface area contributed by atoms with Crippen molar-refractivity contribution in [2.45, 2.75) is 6.04 Å². The Bertz CT molecular complexity index is 920. The molecule has 1 amide bonds. The van der Waals surface area contributed by atoms with Crippen molar-refractivity contribution in [3.8, 4) is 23.5 Å². The van der Waals surface area contributed by atoms with E-state index in [2.05, 4.69) is 15.3 Å². The molecule has 2 heterocycles. The zero-order valence-corrected chi connectivity index (χ0v) is 13.5. The lowest BCUT2D eigenvalue weighted by atomic mass is 10.1. The molecule has 3 rings (SSSR count). The van der Waals surface area contributed by atoms with Crippen LogP contribution in [0.5, 0.6) is 0 Å². The van der Waals surface area contributed by atoms with Gasteiger partial charge in [-0.1, -0.05) is 0 Å². The second kappa shape index (κ2) is 7.55. The van der Waals surface area contributed by atoms with E-state index in [1.54, 1.807) is 0 Å². The van der Waals surface area contributed by atoms with Crippen molar-refractivity contribution in [2.75, 3.05) is 25.1 Å². The second-order valence-electron chi connectivity index (χ2n) is 5.50. The molecule has 1 aromatic heterocycles. The van der Waals surface area contributed by atoms with Crippen LogP contribution < -0.4 is 5.32 Å². The number of amides is 1. The predicted octanol–water partition coefficient (Wildman–Crippen LogP) is 1.27. The number of nitrogens with one attached hydrogen (secondary N) is 1. The average molecular weight is 352 g/mol. The molecule has 1 aromatic carbocycles. The van der Waals surface area contributed by atoms with Gasteiger partial charge in [0, 0.05) is 11.6 Å². The highest BCUT2D eigenvalue weighted by molar-refractivity contribution is 5.94. The molecule has 2 aromatic rings. The summed E-state index contributed by atoms with van der Waals surface area (Å²) < 4.78 is 18.9. The molecular weight excluding hydrogens is 339 g/mol. The van der Waals surface area contributed by atoms with Crippen LogP contribution in [-0.2, 0) is 9.53 Å². The van der Waals surface area contributed by atoms with E-state index in [0.29, 0.717) is 24.4 Å². The smallest absolute Gasteiger partial charge is 0.251 e. The first kappa shape index (κ1) is 17.3. The van der Waals surface area contributed by atoms with Gasteiger partial charge in [-0.3, -0.25) is 9.69 Å². The van der Waals surface area contributed by atoms with E-state index in [1.807, 2.05) is 12.3 Å². The summed E-state index contributed by atoms with van der Waals surface area (Å²) >= 11 is 0. The highest BCUT2D eigenvalue weighted by atomic mass is 19.1. The van der Waals surface area contributed by atoms with Crippen LogP contribution in [0, 0.1) is 28.6 Å². The van der Waals surface area contributed by atoms with Crippen LogP contribution >= 0.6 is 0 Å². The summed E-state index contributed by atoms with van der Waals surface area (Å²) in [7, 11) is 0. The first-order chi connectivity index (χ1) is 12.6. The van der Waals surface area contributed by atoms with E-state index in [4.69, 9.17) is 15.3 Å². The molecule has 0 spiro atoms. The molecule has 26 heavy (non-hydrogen) atoms. The second-order valence-corrected chi connectivity index (χ2v) is 5.50. The van der Waals surface area contributed by atoms with Gasteiger partial charge in [-0.05, 0) is 18.2 Å². The molecule has 9 heteroatoms. The summed E-state index contributed by atoms with van der Waals surface area (Å²) in [5.74, 6) is -0.800. The minimum atomic E-state index is -0.744. The van der Waals surface area contributed by atoms with E-state index in [9.17, 15) is 9.18 Å². The number of rotatable bonds is 3. The van der Waals surface area contributed by atoms with Crippen LogP contribution in [0.2, 0.25) is 0 Å². The minimum Gasteiger partial charge on any atom is -0.377 e. The molecule has 0 aliphatic carbocycles. The summed E-state index contributed by atoms with van der Waals surface area (Å²) in [4.78, 5) is 21.8. The van der Waals surface area contributed by atoms with Gasteiger partial charge in [0.25, 0.3) is 5.91 Å². The quantitative estimate of drug-likeness (QED) is 0.827. The van der Waals surface area contributed by atoms with Crippen molar-refractivity contribution >= 4 is 11.7 Å². The first-order valence-electron chi connectivity index (χ1n) is 7.69. The topological polar surface area (TPSA) is 115 Å². The number of nitriles is 2. The number of halogens is 1. The number of ether oxygens (including phenoxy) is 1. The summed E-state index contributed by atoms with van der Waals surface area (Å²) in [5.41, 5.74) is 0.899. The van der Waals surface area contributed by atoms with Crippen LogP contribution in [0.25, 0.3) is 11.3 Å². The van der Waals surface area contributed by atoms with Crippen LogP contribution in [0.4, 0.5) is 10.2 Å². The predicted molar refractivity (Wildman–Crippen MR) is 87.7 cm³/mol. The van der Waals surface area contributed by atoms with Crippen LogP contribution in [0.15, 0.2) is 30.6 Å². The fourth-order valence-corrected chi connectivity index (χ4v) is 2.54. The lowest BCUT2D eigenvalue weighted by Crippen LogP contribution is -2.49. The molecule has 130 valence electrons. The van der Waals surface area contributed by atoms with Gasteiger partial charge in [-0.15, -0.1) is 0 Å². The van der Waals surface area contributed by atoms with E-state index < -0.39 is 17.8 Å². The number of nitrogens with zero attached hydrogens (tertiary/aromatic N) is 5. The van der Waals surface area contributed by atoms with Crippen molar-refractivity contribution in [3.63, 3.8) is 0 Å². The molecule has 0 radical (unpaired) electrons. The fourth-order valence-electron chi connectivity index (χ4n) is 2.54. The van der Waals surface area contributed by atoms with Gasteiger partial charge < -0.3 is 10.1 Å². The van der Waals surface area contributed by atoms with E-state index in [0.717, 1.165) is 6.07 Å². The Morgan fingerprint density at radius 3 is 2.92 bits per heavy atom. The van der Waals surface area contributed by atoms with E-state index in [1.165, 1.54) is 29.4 Å². The number of carbonyl (C=O) groups excluding carboxylic acids is 1. The highest BCUT2D eigenvalue weighted by Crippen LogP contribution is 2.21. The van der Waals surface area contributed by atoms with Gasteiger partial charge >= 0.3 is 0 Å². The maximum Gasteiger partial charge on any atom is 0.251 e. The van der Waals surface area contributed by atoms with Gasteiger partial charge in [0.15, 0.2) is 6.19 Å². The molecular formula is C17H13FN6O2. The van der Waals surface area contributed by atoms with Crippen molar-refractivity contribution in [1.29, 1.82) is 10.5 Å². The third kappa shape index (κ3) is 3.74. The Balaban J connectivity index is 1.82. The van der Waals surface area contributed by atoms with Gasteiger partial charge in [0.1, 0.15) is 24.0 Å². The number of morpholine rings is 1. The van der Waals surface area contributed by atoms with Gasteiger partial charge in [0.05, 0.1) is 37.1 Å². The highest BCUT2D eigenvalue weighted by Gasteiger charge is 2.29. The molecule has 1 atom stereocenters. The van der Waals surface area contributed by atoms with Crippen LogP contribution in [-0.4, -0.2) is 46.6 Å². The van der Waals surface area contributed by atoms with Crippen molar-refractivity contribution in [1.82, 2.24) is 14.9 Å². The lowest BCUT2D eigenvalue weighted by Gasteiger charge is -2.29. The van der Waals surface area contributed by atoms with Crippen molar-refractivity contribution in [2.24, 2.45) is 0 Å². The van der Waals surface area contributed by atoms with Gasteiger partial charge in [-0.25, -0.2) is 14.4 Å². The summed E-state index contributed by atoms with van der Waals surface area (Å²) in [5, 5.41) is 20.7. The molecule has 1 unspecified atom stereocenters. The molecule has 1 saturated heterocycles. The monoisotopic (exact) mass is 352 g/mol. The molecule has 1 aliphatic heterocycles. The van der Waals surface area contributed by atoms with Gasteiger partial charge in [-0.2, -0.15) is 10.5 Å². The van der Waals surface area contributed by atoms with E-state index >= 15 is 0 Å². The number of hydrogen-bond donors (Lipinski definition) is 1. The normalized spacial score (nSPS) is 16.4. The molecule has 1 aliphatic rings. The molecule has 0 saturated carbocycles. The first-order valence-corrected chi connectivity index (χ1v) is 7.69. The minimum absolute atomic E-state index is 0.104. The molecule has 1 fully saturated rings. The van der Waals surface area contributed by atoms with E-state index in [-0.39, 0.29) is 18.0 Å². The Kier molecular flexibility index (Phi) is 5.02. The fraction of sp³-hybridized carbons (Fsp3) is 0.235. The Morgan fingerprint density at radius 2 is 2.15 bits per heavy atom. The Hall–Kier alpha value is -3.56. The van der Waals surface area contributed by atoms with Crippen molar-refractivity contribution < 1.29 is 13.9 Å². The van der Waals surface area contributed by atoms with Crippen LogP contribution in [0.1, 0.15) is 5.56 Å². The third-order valence-electron chi connectivity index (χ3n) is 3.80. The average Bonchev–Trinajstić information content (AvgIpc) is 2.67. The number of anilines is 1. The Morgan fingerprint density at radius 1 is 1.31 bits per heavy atom. The number of aromatic nitrogens is 2. The zero-order chi connectivity index (χ0) is 18.5. The van der Waals surface area contributed by atoms with Crippen molar-refractivity contribution in [3.05, 3.63) is 42.0 Å². The van der Waals surface area contributed by atoms with Crippen LogP contribution in [0.3, 0.4) is 0 Å². The lowest BCUT2D eigenvalue weighted by molar-refractivity contribution is -0.124. The SMILES string of the molecule is N#Cc1cc(F)cc(-c2cc(NC(=O)C3COCCN3C#N)ncn2)c1. The molecule has 1 N–H and O–H groups in total. The molecule has 0 bridgehead atoms.